The van der Waals surface area contributed by atoms with Crippen LogP contribution >= 0.6 is 11.3 Å². The largest absolute Gasteiger partial charge is 0.486 e. The summed E-state index contributed by atoms with van der Waals surface area (Å²) in [5.41, 5.74) is 1.17. The molecule has 0 radical (unpaired) electrons. The van der Waals surface area contributed by atoms with Gasteiger partial charge in [0.15, 0.2) is 11.5 Å². The molecule has 6 heteroatoms. The Morgan fingerprint density at radius 3 is 2.56 bits per heavy atom. The summed E-state index contributed by atoms with van der Waals surface area (Å²) >= 11 is 1.64. The topological polar surface area (TPSA) is 60.5 Å². The molecule has 1 aliphatic rings. The van der Waals surface area contributed by atoms with Gasteiger partial charge in [-0.3, -0.25) is 4.79 Å². The highest BCUT2D eigenvalue weighted by Crippen LogP contribution is 2.33. The van der Waals surface area contributed by atoms with Gasteiger partial charge in [-0.05, 0) is 36.8 Å². The first kappa shape index (κ1) is 20.5. The Balaban J connectivity index is 1.35. The number of aromatic nitrogens is 1. The quantitative estimate of drug-likeness (QED) is 0.466. The van der Waals surface area contributed by atoms with Crippen LogP contribution in [0.25, 0.3) is 10.2 Å². The zero-order chi connectivity index (χ0) is 22.0. The van der Waals surface area contributed by atoms with Crippen molar-refractivity contribution >= 4 is 27.5 Å². The summed E-state index contributed by atoms with van der Waals surface area (Å²) in [4.78, 5) is 18.3. The lowest BCUT2D eigenvalue weighted by Gasteiger charge is -2.31. The van der Waals surface area contributed by atoms with Crippen LogP contribution in [0.3, 0.4) is 0 Å². The summed E-state index contributed by atoms with van der Waals surface area (Å²) in [7, 11) is 0. The molecule has 4 aromatic rings. The van der Waals surface area contributed by atoms with Gasteiger partial charge in [0.25, 0.3) is 0 Å². The lowest BCUT2D eigenvalue weighted by Crippen LogP contribution is -2.48. The Bertz CT molecular complexity index is 1210. The number of carbonyl (C=O) groups is 1. The smallest absolute Gasteiger partial charge is 0.230 e. The number of amides is 1. The van der Waals surface area contributed by atoms with Crippen LogP contribution in [0.2, 0.25) is 0 Å². The van der Waals surface area contributed by atoms with Gasteiger partial charge in [0, 0.05) is 6.42 Å². The molecule has 162 valence electrons. The summed E-state index contributed by atoms with van der Waals surface area (Å²) in [6.07, 6.45) is 0.281. The van der Waals surface area contributed by atoms with Crippen LogP contribution in [0.5, 0.6) is 11.5 Å². The summed E-state index contributed by atoms with van der Waals surface area (Å²) < 4.78 is 12.9. The van der Waals surface area contributed by atoms with Gasteiger partial charge in [-0.15, -0.1) is 11.3 Å². The van der Waals surface area contributed by atoms with Crippen molar-refractivity contribution in [3.63, 3.8) is 0 Å². The maximum absolute atomic E-state index is 13.5. The van der Waals surface area contributed by atoms with Gasteiger partial charge < -0.3 is 14.8 Å². The zero-order valence-electron chi connectivity index (χ0n) is 17.8. The minimum Gasteiger partial charge on any atom is -0.486 e. The molecule has 3 aromatic carbocycles. The summed E-state index contributed by atoms with van der Waals surface area (Å²) in [6.45, 7) is 2.75. The molecule has 1 aliphatic heterocycles. The predicted octanol–water partition coefficient (Wildman–Crippen LogP) is 4.75. The van der Waals surface area contributed by atoms with E-state index in [1.54, 1.807) is 11.3 Å². The van der Waals surface area contributed by atoms with Crippen molar-refractivity contribution in [1.82, 2.24) is 10.3 Å². The van der Waals surface area contributed by atoms with E-state index >= 15 is 0 Å². The molecule has 32 heavy (non-hydrogen) atoms. The van der Waals surface area contributed by atoms with Gasteiger partial charge in [0.1, 0.15) is 12.7 Å². The van der Waals surface area contributed by atoms with Gasteiger partial charge in [0.2, 0.25) is 5.91 Å². The Morgan fingerprint density at radius 2 is 1.75 bits per heavy atom. The highest BCUT2D eigenvalue weighted by atomic mass is 32.1. The third-order valence-electron chi connectivity index (χ3n) is 5.81. The second-order valence-corrected chi connectivity index (χ2v) is 9.27. The molecule has 0 saturated carbocycles. The number of hydrogen-bond donors (Lipinski definition) is 1. The average Bonchev–Trinajstić information content (AvgIpc) is 3.25. The van der Waals surface area contributed by atoms with Crippen LogP contribution in [0, 0.1) is 0 Å². The van der Waals surface area contributed by atoms with Crippen LogP contribution < -0.4 is 14.8 Å². The van der Waals surface area contributed by atoms with E-state index in [4.69, 9.17) is 14.5 Å². The molecule has 1 N–H and O–H groups in total. The van der Waals surface area contributed by atoms with E-state index < -0.39 is 5.41 Å². The molecule has 0 saturated heterocycles. The Hall–Kier alpha value is -3.38. The van der Waals surface area contributed by atoms with Crippen LogP contribution in [0.15, 0.2) is 78.9 Å². The summed E-state index contributed by atoms with van der Waals surface area (Å²) in [5.74, 6) is 1.39. The van der Waals surface area contributed by atoms with Crippen molar-refractivity contribution < 1.29 is 14.3 Å². The molecular weight excluding hydrogens is 420 g/mol. The number of thiazole rings is 1. The maximum Gasteiger partial charge on any atom is 0.230 e. The van der Waals surface area contributed by atoms with Gasteiger partial charge in [-0.25, -0.2) is 4.98 Å². The van der Waals surface area contributed by atoms with Gasteiger partial charge in [0.05, 0.1) is 27.2 Å². The van der Waals surface area contributed by atoms with Crippen molar-refractivity contribution in [2.24, 2.45) is 0 Å². The van der Waals surface area contributed by atoms with Gasteiger partial charge in [-0.1, -0.05) is 54.6 Å². The molecular formula is C26H24N2O3S. The lowest BCUT2D eigenvalue weighted by atomic mass is 9.78. The molecule has 5 rings (SSSR count). The highest BCUT2D eigenvalue weighted by molar-refractivity contribution is 7.18. The maximum atomic E-state index is 13.5. The molecule has 0 aliphatic carbocycles. The van der Waals surface area contributed by atoms with E-state index in [0.29, 0.717) is 25.3 Å². The fraction of sp³-hybridized carbons (Fsp3) is 0.231. The number of ether oxygens (including phenoxy) is 2. The molecule has 2 heterocycles. The van der Waals surface area contributed by atoms with Crippen molar-refractivity contribution in [3.8, 4) is 11.5 Å². The van der Waals surface area contributed by atoms with E-state index in [1.807, 2.05) is 79.7 Å². The molecule has 0 fully saturated rings. The second-order valence-electron chi connectivity index (χ2n) is 8.16. The average molecular weight is 445 g/mol. The van der Waals surface area contributed by atoms with Crippen LogP contribution in [0.1, 0.15) is 17.5 Å². The van der Waals surface area contributed by atoms with Crippen LogP contribution in [-0.4, -0.2) is 30.1 Å². The Labute approximate surface area is 191 Å². The first-order chi connectivity index (χ1) is 15.6. The minimum atomic E-state index is -0.761. The van der Waals surface area contributed by atoms with Crippen LogP contribution in [0.4, 0.5) is 0 Å². The number of carbonyl (C=O) groups excluding carboxylic acids is 1. The zero-order valence-corrected chi connectivity index (χ0v) is 18.6. The fourth-order valence-electron chi connectivity index (χ4n) is 3.98. The standard InChI is InChI=1S/C26H24N2O3S/c1-26(18-9-3-2-4-10-18,15-24-28-20-11-5-8-14-23(20)32-24)25(29)27-16-19-17-30-21-12-6-7-13-22(21)31-19/h2-14,19H,15-17H2,1H3,(H,27,29)/t19-,26-/m1/s1. The van der Waals surface area contributed by atoms with Crippen molar-refractivity contribution in [1.29, 1.82) is 0 Å². The third-order valence-corrected chi connectivity index (χ3v) is 6.85. The molecule has 1 amide bonds. The van der Waals surface area contributed by atoms with E-state index in [0.717, 1.165) is 26.5 Å². The minimum absolute atomic E-state index is 0.0505. The highest BCUT2D eigenvalue weighted by Gasteiger charge is 2.37. The monoisotopic (exact) mass is 444 g/mol. The first-order valence-corrected chi connectivity index (χ1v) is 11.5. The SMILES string of the molecule is C[C@](Cc1nc2ccccc2s1)(C(=O)NC[C@@H]1COc2ccccc2O1)c1ccccc1. The number of nitrogens with one attached hydrogen (secondary N) is 1. The Kier molecular flexibility index (Phi) is 5.53. The Morgan fingerprint density at radius 1 is 1.03 bits per heavy atom. The molecule has 5 nitrogen and oxygen atoms in total. The van der Waals surface area contributed by atoms with E-state index in [9.17, 15) is 4.79 Å². The summed E-state index contributed by atoms with van der Waals surface area (Å²) in [5, 5.41) is 4.05. The van der Waals surface area contributed by atoms with Gasteiger partial charge >= 0.3 is 0 Å². The molecule has 2 atom stereocenters. The number of rotatable bonds is 6. The number of hydrogen-bond acceptors (Lipinski definition) is 5. The number of para-hydroxylation sites is 3. The second kappa shape index (κ2) is 8.63. The molecule has 0 bridgehead atoms. The number of benzene rings is 3. The van der Waals surface area contributed by atoms with Crippen molar-refractivity contribution in [2.45, 2.75) is 24.9 Å². The molecule has 0 spiro atoms. The van der Waals surface area contributed by atoms with Crippen molar-refractivity contribution in [2.75, 3.05) is 13.2 Å². The third kappa shape index (κ3) is 4.06. The normalized spacial score (nSPS) is 17.0. The molecule has 1 aromatic heterocycles. The van der Waals surface area contributed by atoms with E-state index in [1.165, 1.54) is 0 Å². The first-order valence-electron chi connectivity index (χ1n) is 10.7. The van der Waals surface area contributed by atoms with E-state index in [2.05, 4.69) is 11.4 Å². The molecule has 0 unspecified atom stereocenters. The van der Waals surface area contributed by atoms with Gasteiger partial charge in [-0.2, -0.15) is 0 Å². The lowest BCUT2D eigenvalue weighted by molar-refractivity contribution is -0.126. The fourth-order valence-corrected chi connectivity index (χ4v) is 5.11. The predicted molar refractivity (Wildman–Crippen MR) is 126 cm³/mol. The van der Waals surface area contributed by atoms with E-state index in [-0.39, 0.29) is 12.0 Å². The van der Waals surface area contributed by atoms with Crippen LogP contribution in [-0.2, 0) is 16.6 Å². The summed E-state index contributed by atoms with van der Waals surface area (Å²) in [6, 6.07) is 25.6. The number of fused-ring (bicyclic) bond motifs is 2. The number of nitrogens with zero attached hydrogens (tertiary/aromatic N) is 1. The van der Waals surface area contributed by atoms with Crippen molar-refractivity contribution in [3.05, 3.63) is 89.4 Å².